The number of nitrogens with two attached hydrogens (primary N) is 1. The van der Waals surface area contributed by atoms with Crippen molar-refractivity contribution >= 4 is 21.6 Å². The van der Waals surface area contributed by atoms with E-state index in [9.17, 15) is 4.39 Å². The summed E-state index contributed by atoms with van der Waals surface area (Å²) in [5, 5.41) is 4.41. The van der Waals surface area contributed by atoms with E-state index in [0.29, 0.717) is 21.7 Å². The lowest BCUT2D eigenvalue weighted by atomic mass is 10.1. The van der Waals surface area contributed by atoms with E-state index in [1.807, 2.05) is 18.2 Å². The molecule has 0 aliphatic carbocycles. The number of hydrogen-bond acceptors (Lipinski definition) is 3. The molecule has 0 aliphatic heterocycles. The van der Waals surface area contributed by atoms with Crippen LogP contribution in [-0.2, 0) is 0 Å². The number of aromatic nitrogens is 3. The van der Waals surface area contributed by atoms with E-state index < -0.39 is 0 Å². The number of pyridine rings is 1. The molecule has 0 fully saturated rings. The highest BCUT2D eigenvalue weighted by Crippen LogP contribution is 2.28. The lowest BCUT2D eigenvalue weighted by Gasteiger charge is -2.01. The highest BCUT2D eigenvalue weighted by atomic mass is 79.9. The Kier molecular flexibility index (Phi) is 3.23. The molecule has 6 heteroatoms. The van der Waals surface area contributed by atoms with Crippen LogP contribution in [-0.4, -0.2) is 14.8 Å². The van der Waals surface area contributed by atoms with E-state index >= 15 is 0 Å². The van der Waals surface area contributed by atoms with Gasteiger partial charge in [0.2, 0.25) is 0 Å². The number of nitrogens with zero attached hydrogens (tertiary/aromatic N) is 3. The van der Waals surface area contributed by atoms with Crippen molar-refractivity contribution in [2.24, 2.45) is 0 Å². The molecule has 0 aliphatic rings. The predicted molar refractivity (Wildman–Crippen MR) is 78.9 cm³/mol. The lowest BCUT2D eigenvalue weighted by Crippen LogP contribution is -1.97. The predicted octanol–water partition coefficient (Wildman–Crippen LogP) is 3.42. The average Bonchev–Trinajstić information content (AvgIpc) is 2.85. The van der Waals surface area contributed by atoms with Crippen molar-refractivity contribution in [2.75, 3.05) is 5.73 Å². The number of anilines is 1. The summed E-state index contributed by atoms with van der Waals surface area (Å²) in [6.45, 7) is 0. The molecule has 0 spiro atoms. The second kappa shape index (κ2) is 5.05. The molecule has 3 rings (SSSR count). The monoisotopic (exact) mass is 332 g/mol. The molecule has 0 atom stereocenters. The first-order chi connectivity index (χ1) is 9.65. The van der Waals surface area contributed by atoms with Gasteiger partial charge in [-0.25, -0.2) is 14.1 Å². The van der Waals surface area contributed by atoms with Crippen molar-refractivity contribution in [3.05, 3.63) is 59.1 Å². The summed E-state index contributed by atoms with van der Waals surface area (Å²) in [5.74, 6) is 0.350. The Hall–Kier alpha value is -2.21. The minimum Gasteiger partial charge on any atom is -0.396 e. The van der Waals surface area contributed by atoms with Crippen LogP contribution in [0.25, 0.3) is 17.1 Å². The Labute approximate surface area is 123 Å². The fourth-order valence-corrected chi connectivity index (χ4v) is 2.24. The SMILES string of the molecule is Nc1cn(-c2ccccn2)nc1-c1ccc(F)c(Br)c1. The highest BCUT2D eigenvalue weighted by Gasteiger charge is 2.11. The van der Waals surface area contributed by atoms with Crippen LogP contribution in [0.2, 0.25) is 0 Å². The number of halogens is 2. The summed E-state index contributed by atoms with van der Waals surface area (Å²) in [6.07, 6.45) is 3.37. The Morgan fingerprint density at radius 1 is 1.20 bits per heavy atom. The molecule has 2 aromatic heterocycles. The molecular weight excluding hydrogens is 323 g/mol. The largest absolute Gasteiger partial charge is 0.396 e. The first kappa shape index (κ1) is 12.8. The van der Waals surface area contributed by atoms with Crippen LogP contribution in [0.1, 0.15) is 0 Å². The Bertz CT molecular complexity index is 755. The van der Waals surface area contributed by atoms with Gasteiger partial charge in [0.25, 0.3) is 0 Å². The molecular formula is C14H10BrFN4. The van der Waals surface area contributed by atoms with Crippen molar-refractivity contribution in [2.45, 2.75) is 0 Å². The number of nitrogen functional groups attached to an aromatic ring is 1. The zero-order chi connectivity index (χ0) is 14.1. The molecule has 3 aromatic rings. The van der Waals surface area contributed by atoms with Crippen LogP contribution >= 0.6 is 15.9 Å². The van der Waals surface area contributed by atoms with E-state index in [0.717, 1.165) is 5.56 Å². The molecule has 0 saturated heterocycles. The van der Waals surface area contributed by atoms with Gasteiger partial charge in [-0.15, -0.1) is 0 Å². The van der Waals surface area contributed by atoms with Gasteiger partial charge in [-0.05, 0) is 46.3 Å². The van der Waals surface area contributed by atoms with Crippen molar-refractivity contribution in [3.8, 4) is 17.1 Å². The van der Waals surface area contributed by atoms with Crippen molar-refractivity contribution < 1.29 is 4.39 Å². The Morgan fingerprint density at radius 3 is 2.75 bits per heavy atom. The van der Waals surface area contributed by atoms with Crippen molar-refractivity contribution in [3.63, 3.8) is 0 Å². The summed E-state index contributed by atoms with van der Waals surface area (Å²) in [4.78, 5) is 4.20. The molecule has 2 N–H and O–H groups in total. The van der Waals surface area contributed by atoms with Crippen LogP contribution in [0.15, 0.2) is 53.3 Å². The maximum Gasteiger partial charge on any atom is 0.153 e. The van der Waals surface area contributed by atoms with Gasteiger partial charge >= 0.3 is 0 Å². The topological polar surface area (TPSA) is 56.7 Å². The number of benzene rings is 1. The van der Waals surface area contributed by atoms with Gasteiger partial charge in [0, 0.05) is 11.8 Å². The van der Waals surface area contributed by atoms with Crippen LogP contribution < -0.4 is 5.73 Å². The van der Waals surface area contributed by atoms with E-state index in [2.05, 4.69) is 26.0 Å². The second-order valence-corrected chi connectivity index (χ2v) is 5.05. The van der Waals surface area contributed by atoms with Gasteiger partial charge in [0.05, 0.1) is 16.4 Å². The smallest absolute Gasteiger partial charge is 0.153 e. The standard InChI is InChI=1S/C14H10BrFN4/c15-10-7-9(4-5-11(10)16)14-12(17)8-20(19-14)13-3-1-2-6-18-13/h1-8H,17H2. The zero-order valence-corrected chi connectivity index (χ0v) is 11.9. The summed E-state index contributed by atoms with van der Waals surface area (Å²) >= 11 is 3.16. The van der Waals surface area contributed by atoms with Crippen LogP contribution in [0.3, 0.4) is 0 Å². The summed E-state index contributed by atoms with van der Waals surface area (Å²) < 4.78 is 15.2. The van der Waals surface area contributed by atoms with Crippen LogP contribution in [0, 0.1) is 5.82 Å². The molecule has 4 nitrogen and oxygen atoms in total. The fourth-order valence-electron chi connectivity index (χ4n) is 1.86. The molecule has 0 unspecified atom stereocenters. The zero-order valence-electron chi connectivity index (χ0n) is 10.3. The van der Waals surface area contributed by atoms with E-state index in [-0.39, 0.29) is 5.82 Å². The van der Waals surface area contributed by atoms with Gasteiger partial charge in [-0.2, -0.15) is 5.10 Å². The fraction of sp³-hybridized carbons (Fsp3) is 0. The average molecular weight is 333 g/mol. The van der Waals surface area contributed by atoms with Crippen molar-refractivity contribution in [1.82, 2.24) is 14.8 Å². The van der Waals surface area contributed by atoms with E-state index in [1.165, 1.54) is 6.07 Å². The third-order valence-electron chi connectivity index (χ3n) is 2.82. The van der Waals surface area contributed by atoms with Gasteiger partial charge in [-0.1, -0.05) is 6.07 Å². The minimum absolute atomic E-state index is 0.323. The normalized spacial score (nSPS) is 10.7. The Balaban J connectivity index is 2.07. The van der Waals surface area contributed by atoms with Gasteiger partial charge in [0.1, 0.15) is 11.5 Å². The van der Waals surface area contributed by atoms with Gasteiger partial charge < -0.3 is 5.73 Å². The van der Waals surface area contributed by atoms with E-state index in [1.54, 1.807) is 29.2 Å². The number of hydrogen-bond donors (Lipinski definition) is 1. The Morgan fingerprint density at radius 2 is 2.05 bits per heavy atom. The van der Waals surface area contributed by atoms with Gasteiger partial charge in [-0.3, -0.25) is 0 Å². The molecule has 1 aromatic carbocycles. The minimum atomic E-state index is -0.323. The summed E-state index contributed by atoms with van der Waals surface area (Å²) in [7, 11) is 0. The van der Waals surface area contributed by atoms with Crippen LogP contribution in [0.4, 0.5) is 10.1 Å². The maximum atomic E-state index is 13.3. The molecule has 20 heavy (non-hydrogen) atoms. The van der Waals surface area contributed by atoms with Crippen LogP contribution in [0.5, 0.6) is 0 Å². The quantitative estimate of drug-likeness (QED) is 0.782. The summed E-state index contributed by atoms with van der Waals surface area (Å²) in [6, 6.07) is 10.2. The number of rotatable bonds is 2. The van der Waals surface area contributed by atoms with Gasteiger partial charge in [0.15, 0.2) is 5.82 Å². The molecule has 0 amide bonds. The molecule has 0 saturated carbocycles. The molecule has 0 bridgehead atoms. The second-order valence-electron chi connectivity index (χ2n) is 4.19. The lowest BCUT2D eigenvalue weighted by molar-refractivity contribution is 0.621. The maximum absolute atomic E-state index is 13.3. The third kappa shape index (κ3) is 2.30. The summed E-state index contributed by atoms with van der Waals surface area (Å²) in [5.41, 5.74) is 7.82. The molecule has 0 radical (unpaired) electrons. The first-order valence-electron chi connectivity index (χ1n) is 5.87. The van der Waals surface area contributed by atoms with Crippen molar-refractivity contribution in [1.29, 1.82) is 0 Å². The van der Waals surface area contributed by atoms with E-state index in [4.69, 9.17) is 5.73 Å². The first-order valence-corrected chi connectivity index (χ1v) is 6.66. The molecule has 100 valence electrons. The highest BCUT2D eigenvalue weighted by molar-refractivity contribution is 9.10. The molecule has 2 heterocycles. The third-order valence-corrected chi connectivity index (χ3v) is 3.43.